The van der Waals surface area contributed by atoms with Crippen LogP contribution in [0.25, 0.3) is 66.8 Å². The van der Waals surface area contributed by atoms with Crippen LogP contribution >= 0.6 is 7.92 Å². The number of benzene rings is 10. The van der Waals surface area contributed by atoms with Gasteiger partial charge < -0.3 is 30.3 Å². The van der Waals surface area contributed by atoms with E-state index < -0.39 is 54.2 Å². The number of hydrogen-bond acceptors (Lipinski definition) is 6. The average Bonchev–Trinajstić information content (AvgIpc) is 1.02. The Morgan fingerprint density at radius 3 is 0.596 bits per heavy atom. The van der Waals surface area contributed by atoms with Crippen molar-refractivity contribution in [1.82, 2.24) is 15.0 Å². The third-order valence-corrected chi connectivity index (χ3v) is 32.6. The van der Waals surface area contributed by atoms with E-state index >= 15 is 0 Å². The van der Waals surface area contributed by atoms with Gasteiger partial charge in [0.05, 0.1) is 18.6 Å². The first-order valence-corrected chi connectivity index (χ1v) is 59.0. The van der Waals surface area contributed by atoms with Gasteiger partial charge in [-0.3, -0.25) is 0 Å². The van der Waals surface area contributed by atoms with E-state index in [4.69, 9.17) is 0 Å². The predicted molar refractivity (Wildman–Crippen MR) is 582 cm³/mol. The molecule has 732 valence electrons. The summed E-state index contributed by atoms with van der Waals surface area (Å²) in [5.41, 5.74) is 42.2. The largest absolute Gasteiger partial charge is 0.665 e. The van der Waals surface area contributed by atoms with Crippen LogP contribution in [0, 0.1) is 148 Å². The first-order chi connectivity index (χ1) is 63.3. The Kier molecular flexibility index (Phi) is 48.8. The summed E-state index contributed by atoms with van der Waals surface area (Å²) in [5, 5.41) is 35.7. The van der Waals surface area contributed by atoms with Gasteiger partial charge in [0, 0.05) is 41.3 Å². The molecule has 0 fully saturated rings. The van der Waals surface area contributed by atoms with Crippen molar-refractivity contribution in [3.63, 3.8) is 0 Å². The monoisotopic (exact) mass is 2360 g/mol. The van der Waals surface area contributed by atoms with Crippen LogP contribution in [0.15, 0.2) is 194 Å². The van der Waals surface area contributed by atoms with Gasteiger partial charge in [-0.15, -0.1) is 0 Å². The number of nitrogens with zero attached hydrogens (tertiary/aromatic N) is 3. The van der Waals surface area contributed by atoms with Gasteiger partial charge in [0.2, 0.25) is 0 Å². The molecule has 0 bridgehead atoms. The van der Waals surface area contributed by atoms with Crippen molar-refractivity contribution < 1.29 is 79.7 Å². The van der Waals surface area contributed by atoms with E-state index in [-0.39, 0.29) is 24.2 Å². The second kappa shape index (κ2) is 55.7. The van der Waals surface area contributed by atoms with Gasteiger partial charge in [-0.2, -0.15) is 34.2 Å². The molecule has 3 heterocycles. The molecule has 0 aliphatic rings. The van der Waals surface area contributed by atoms with Crippen LogP contribution in [-0.4, -0.2) is 41.9 Å². The smallest absolute Gasteiger partial charge is 0.131 e. The van der Waals surface area contributed by atoms with Gasteiger partial charge in [-0.05, 0) is 237 Å². The predicted octanol–water partition coefficient (Wildman–Crippen LogP) is 33.2. The Hall–Kier alpha value is -9.06. The maximum atomic E-state index is 12.0. The Bertz CT molecular complexity index is 5550. The van der Waals surface area contributed by atoms with Gasteiger partial charge in [0.1, 0.15) is 17.2 Å². The van der Waals surface area contributed by atoms with E-state index in [2.05, 4.69) is 371 Å². The molecule has 9 nitrogen and oxygen atoms in total. The summed E-state index contributed by atoms with van der Waals surface area (Å²) >= 11 is -3.80. The average molecular weight is 2360 g/mol. The van der Waals surface area contributed by atoms with Crippen LogP contribution < -0.4 is 20.3 Å². The van der Waals surface area contributed by atoms with Gasteiger partial charge in [-0.1, -0.05) is 321 Å². The Labute approximate surface area is 848 Å². The topological polar surface area (TPSA) is 154 Å². The van der Waals surface area contributed by atoms with Crippen molar-refractivity contribution in [2.75, 3.05) is 13.3 Å². The molecule has 13 heteroatoms. The minimum atomic E-state index is -1.27. The fraction of sp³-hybridized carbons (Fsp3) is 0.390. The molecular weight excluding hydrogens is 2200 g/mol. The number of aromatic nitrogens is 3. The van der Waals surface area contributed by atoms with E-state index in [0.29, 0.717) is 46.8 Å². The molecule has 0 amide bonds. The maximum absolute atomic E-state index is 12.0. The molecule has 0 atom stereocenters. The molecule has 136 heavy (non-hydrogen) atoms. The van der Waals surface area contributed by atoms with Crippen LogP contribution in [-0.2, 0) is 64.4 Å². The second-order valence-corrected chi connectivity index (χ2v) is 48.8. The zero-order chi connectivity index (χ0) is 103. The SMILES string of the molecule is CC(C)(C)[CH]=[W]=[O].CC(C)(C)[CH]=[W]=[O].CC(C)(C)[CH]=[W]=[O].C[PH+](C)c1ccccc1.Cc1cc(C(C)C)c(-c2cccc(-c3c(C(C)C)cc(C(C)C)cc3C(C)C)c2O)c(C(C)C)c1.Cc1cc(C)c(-c2cccc(-c3c(C)cc(C)cc3C)c2O)c(C)c1.Cc1cc(C)c(-c2cccc(-c3c(C)cc(C)cc3C)c2O)c(C)c1.Cc1ccc(C)[n-]1.Cc1ccc(C)[n-]1.Cc1ccc(C)[n-]1. The summed E-state index contributed by atoms with van der Waals surface area (Å²) in [7, 11) is -0.212. The number of phenolic OH excluding ortho intramolecular Hbond substituents is 3. The number of rotatable bonds is 12. The van der Waals surface area contributed by atoms with E-state index in [9.17, 15) is 25.5 Å². The van der Waals surface area contributed by atoms with Crippen molar-refractivity contribution in [3.05, 3.63) is 328 Å². The molecule has 0 saturated carbocycles. The number of hydrogen-bond donors (Lipinski definition) is 3. The molecule has 0 radical (unpaired) electrons. The molecule has 0 spiro atoms. The standard InChI is InChI=1S/C34H46O.2C24H26O.C8H11P.3C6H8N.3C5H10.3O.3W/c1-19(2)25-17-30(22(7)8)33(31(18-25)23(9)10)27-14-12-13-26(34(27)35)32-28(20(3)4)15-24(11)16-29(32)21(5)6;2*1-14-10-16(3)22(17(4)11-14)20-8-7-9-21(24(20)25)23-18(5)12-15(2)13-19(23)6;1-9(2)8-6-4-3-5-7-8;3*1-5-3-4-6(2)7-5;3*1-5(2,3)4;;;;;;/h12-23,35H,1-11H3;2*7-13,25H,1-6H3;3-7H,1-2H3;3*3-4H,1-2H3;3*1H,2-4H3;;;;;;/q;;;;3*-1;;;;;;;;;/p+1. The van der Waals surface area contributed by atoms with E-state index in [1.165, 1.54) is 117 Å². The van der Waals surface area contributed by atoms with Crippen molar-refractivity contribution in [2.45, 2.75) is 293 Å². The third-order valence-electron chi connectivity index (χ3n) is 22.5. The molecule has 3 N–H and O–H groups in total. The molecule has 0 unspecified atom stereocenters. The molecule has 3 aromatic heterocycles. The molecule has 13 rings (SSSR count). The second-order valence-electron chi connectivity index (χ2n) is 41.7. The van der Waals surface area contributed by atoms with Gasteiger partial charge in [-0.25, -0.2) is 0 Å². The maximum Gasteiger partial charge on any atom is 0.131 e. The summed E-state index contributed by atoms with van der Waals surface area (Å²) in [6.45, 7) is 85.2. The Balaban J connectivity index is 0.000000341. The van der Waals surface area contributed by atoms with Crippen LogP contribution in [0.4, 0.5) is 0 Å². The van der Waals surface area contributed by atoms with Gasteiger partial charge in [0.25, 0.3) is 0 Å². The quantitative estimate of drug-likeness (QED) is 0.101. The zero-order valence-corrected chi connectivity index (χ0v) is 100. The molecule has 0 aliphatic carbocycles. The fourth-order valence-electron chi connectivity index (χ4n) is 16.6. The minimum absolute atomic E-state index is 0.187. The normalized spacial score (nSPS) is 10.9. The molecule has 0 saturated heterocycles. The molecule has 10 aromatic carbocycles. The Morgan fingerprint density at radius 2 is 0.449 bits per heavy atom. The molecule has 0 aliphatic heterocycles. The number of aryl methyl sites for hydroxylation is 19. The number of phenols is 3. The summed E-state index contributed by atoms with van der Waals surface area (Å²) in [6, 6.07) is 68.0. The van der Waals surface area contributed by atoms with E-state index in [0.717, 1.165) is 89.8 Å². The van der Waals surface area contributed by atoms with Crippen LogP contribution in [0.2, 0.25) is 0 Å². The summed E-state index contributed by atoms with van der Waals surface area (Å²) in [6.07, 6.45) is 0. The van der Waals surface area contributed by atoms with Gasteiger partial charge >= 0.3 is 156 Å². The van der Waals surface area contributed by atoms with Gasteiger partial charge in [0.15, 0.2) is 0 Å². The summed E-state index contributed by atoms with van der Waals surface area (Å²) < 4.78 is 35.9. The molecule has 13 aromatic rings. The molecular formula is C123H164N3O6PW3-2. The summed E-state index contributed by atoms with van der Waals surface area (Å²) in [4.78, 5) is 12.3. The first-order valence-electron chi connectivity index (χ1n) is 47.9. The Morgan fingerprint density at radius 1 is 0.257 bits per heavy atom. The van der Waals surface area contributed by atoms with Crippen molar-refractivity contribution in [2.24, 2.45) is 16.2 Å². The van der Waals surface area contributed by atoms with Crippen molar-refractivity contribution in [1.29, 1.82) is 0 Å². The summed E-state index contributed by atoms with van der Waals surface area (Å²) in [5.74, 6) is 3.07. The van der Waals surface area contributed by atoms with E-state index in [1.807, 2.05) is 128 Å². The first kappa shape index (κ1) is 119. The fourth-order valence-corrected chi connectivity index (χ4v) is 20.5. The van der Waals surface area contributed by atoms with Crippen LogP contribution in [0.5, 0.6) is 17.2 Å². The minimum Gasteiger partial charge on any atom is -0.665 e. The van der Waals surface area contributed by atoms with Crippen molar-refractivity contribution >= 4 is 26.4 Å². The van der Waals surface area contributed by atoms with Crippen LogP contribution in [0.3, 0.4) is 0 Å². The number of aromatic hydroxyl groups is 3. The van der Waals surface area contributed by atoms with E-state index in [1.54, 1.807) is 0 Å². The van der Waals surface area contributed by atoms with Crippen molar-refractivity contribution in [3.8, 4) is 84.0 Å². The van der Waals surface area contributed by atoms with Crippen LogP contribution in [0.1, 0.15) is 295 Å². The number of para-hydroxylation sites is 3. The zero-order valence-electron chi connectivity index (χ0n) is 90.2. The third kappa shape index (κ3) is 38.3.